The lowest BCUT2D eigenvalue weighted by Crippen LogP contribution is -2.33. The molecule has 0 atom stereocenters. The average molecular weight is 289 g/mol. The molecule has 18 heavy (non-hydrogen) atoms. The van der Waals surface area contributed by atoms with E-state index in [-0.39, 0.29) is 0 Å². The lowest BCUT2D eigenvalue weighted by Gasteiger charge is -2.21. The highest BCUT2D eigenvalue weighted by Gasteiger charge is 2.16. The summed E-state index contributed by atoms with van der Waals surface area (Å²) >= 11 is 11.3. The van der Waals surface area contributed by atoms with E-state index in [0.29, 0.717) is 11.5 Å². The Morgan fingerprint density at radius 2 is 2.17 bits per heavy atom. The molecule has 0 fully saturated rings. The predicted octanol–water partition coefficient (Wildman–Crippen LogP) is 2.13. The number of aromatic nitrogens is 2. The number of halogens is 1. The van der Waals surface area contributed by atoms with E-state index in [2.05, 4.69) is 23.8 Å². The zero-order chi connectivity index (χ0) is 13.7. The third kappa shape index (κ3) is 3.93. The first-order valence-corrected chi connectivity index (χ1v) is 6.99. The molecule has 0 aliphatic carbocycles. The summed E-state index contributed by atoms with van der Waals surface area (Å²) in [4.78, 5) is 2.71. The van der Waals surface area contributed by atoms with Crippen LogP contribution in [0.2, 0.25) is 5.02 Å². The van der Waals surface area contributed by atoms with E-state index in [9.17, 15) is 0 Å². The van der Waals surface area contributed by atoms with E-state index >= 15 is 0 Å². The van der Waals surface area contributed by atoms with Crippen molar-refractivity contribution in [1.82, 2.24) is 14.7 Å². The van der Waals surface area contributed by atoms with Crippen LogP contribution < -0.4 is 5.73 Å². The minimum absolute atomic E-state index is 0.512. The molecule has 0 aliphatic heterocycles. The van der Waals surface area contributed by atoms with Crippen molar-refractivity contribution < 1.29 is 0 Å². The van der Waals surface area contributed by atoms with Gasteiger partial charge in [-0.15, -0.1) is 0 Å². The van der Waals surface area contributed by atoms with Crippen LogP contribution in [0.5, 0.6) is 0 Å². The van der Waals surface area contributed by atoms with Gasteiger partial charge >= 0.3 is 0 Å². The Morgan fingerprint density at radius 3 is 2.61 bits per heavy atom. The lowest BCUT2D eigenvalue weighted by molar-refractivity contribution is 0.296. The van der Waals surface area contributed by atoms with E-state index in [0.717, 1.165) is 42.3 Å². The molecule has 0 aromatic carbocycles. The van der Waals surface area contributed by atoms with Crippen LogP contribution in [0.1, 0.15) is 31.7 Å². The fourth-order valence-electron chi connectivity index (χ4n) is 1.95. The Morgan fingerprint density at radius 1 is 1.50 bits per heavy atom. The molecule has 0 saturated carbocycles. The van der Waals surface area contributed by atoms with Crippen molar-refractivity contribution in [1.29, 1.82) is 0 Å². The van der Waals surface area contributed by atoms with Gasteiger partial charge in [0.25, 0.3) is 0 Å². The first-order chi connectivity index (χ1) is 8.49. The predicted molar refractivity (Wildman–Crippen MR) is 79.9 cm³/mol. The molecular weight excluding hydrogens is 268 g/mol. The monoisotopic (exact) mass is 288 g/mol. The molecule has 102 valence electrons. The van der Waals surface area contributed by atoms with Crippen molar-refractivity contribution in [2.24, 2.45) is 12.8 Å². The number of nitrogens with zero attached hydrogens (tertiary/aromatic N) is 3. The molecule has 0 aliphatic rings. The Labute approximate surface area is 119 Å². The molecular formula is C12H21ClN4S. The van der Waals surface area contributed by atoms with Crippen LogP contribution in [-0.4, -0.2) is 32.8 Å². The number of hydrogen-bond donors (Lipinski definition) is 1. The number of rotatable bonds is 7. The van der Waals surface area contributed by atoms with Crippen molar-refractivity contribution in [3.63, 3.8) is 0 Å². The number of thiocarbonyl (C=S) groups is 1. The molecule has 2 N–H and O–H groups in total. The molecule has 0 radical (unpaired) electrons. The molecule has 0 amide bonds. The molecule has 0 unspecified atom stereocenters. The molecule has 1 aromatic heterocycles. The quantitative estimate of drug-likeness (QED) is 0.781. The van der Waals surface area contributed by atoms with Crippen LogP contribution in [0.25, 0.3) is 0 Å². The van der Waals surface area contributed by atoms with Gasteiger partial charge in [-0.3, -0.25) is 9.58 Å². The van der Waals surface area contributed by atoms with E-state index in [1.54, 1.807) is 0 Å². The van der Waals surface area contributed by atoms with Crippen molar-refractivity contribution in [3.05, 3.63) is 16.4 Å². The molecule has 0 bridgehead atoms. The normalized spacial score (nSPS) is 11.2. The number of nitrogens with two attached hydrogens (primary N) is 1. The van der Waals surface area contributed by atoms with Gasteiger partial charge in [0.05, 0.1) is 21.4 Å². The Hall–Kier alpha value is -0.650. The second-order valence-electron chi connectivity index (χ2n) is 4.36. The Balaban J connectivity index is 2.85. The van der Waals surface area contributed by atoms with Gasteiger partial charge in [-0.25, -0.2) is 0 Å². The summed E-state index contributed by atoms with van der Waals surface area (Å²) in [6.07, 6.45) is 1.90. The summed E-state index contributed by atoms with van der Waals surface area (Å²) < 4.78 is 1.85. The minimum Gasteiger partial charge on any atom is -0.392 e. The van der Waals surface area contributed by atoms with Crippen LogP contribution in [0.15, 0.2) is 0 Å². The SMILES string of the molecule is CCCN(CC(N)=S)Cc1c(Cl)c(CC)nn1C. The fourth-order valence-corrected chi connectivity index (χ4v) is 2.49. The van der Waals surface area contributed by atoms with Crippen LogP contribution in [0.4, 0.5) is 0 Å². The Bertz CT molecular complexity index is 416. The minimum atomic E-state index is 0.512. The first kappa shape index (κ1) is 15.4. The summed E-state index contributed by atoms with van der Waals surface area (Å²) in [7, 11) is 1.92. The van der Waals surface area contributed by atoms with Crippen molar-refractivity contribution in [3.8, 4) is 0 Å². The van der Waals surface area contributed by atoms with E-state index in [1.165, 1.54) is 0 Å². The highest BCUT2D eigenvalue weighted by Crippen LogP contribution is 2.22. The zero-order valence-electron chi connectivity index (χ0n) is 11.2. The molecule has 1 aromatic rings. The van der Waals surface area contributed by atoms with Gasteiger partial charge in [0, 0.05) is 20.1 Å². The largest absolute Gasteiger partial charge is 0.392 e. The number of hydrogen-bond acceptors (Lipinski definition) is 3. The van der Waals surface area contributed by atoms with Gasteiger partial charge in [-0.05, 0) is 19.4 Å². The Kier molecular flexibility index (Phi) is 6.05. The van der Waals surface area contributed by atoms with Crippen molar-refractivity contribution in [2.75, 3.05) is 13.1 Å². The molecule has 1 rings (SSSR count). The third-order valence-electron chi connectivity index (χ3n) is 2.80. The summed E-state index contributed by atoms with van der Waals surface area (Å²) in [5.41, 5.74) is 7.59. The maximum atomic E-state index is 6.34. The van der Waals surface area contributed by atoms with Crippen LogP contribution in [0.3, 0.4) is 0 Å². The summed E-state index contributed by atoms with van der Waals surface area (Å²) in [6, 6.07) is 0. The van der Waals surface area contributed by atoms with Crippen LogP contribution >= 0.6 is 23.8 Å². The highest BCUT2D eigenvalue weighted by atomic mass is 35.5. The van der Waals surface area contributed by atoms with Gasteiger partial charge < -0.3 is 5.73 Å². The van der Waals surface area contributed by atoms with Gasteiger partial charge in [-0.1, -0.05) is 37.7 Å². The molecule has 6 heteroatoms. The van der Waals surface area contributed by atoms with Gasteiger partial charge in [-0.2, -0.15) is 5.10 Å². The van der Waals surface area contributed by atoms with E-state index in [1.807, 2.05) is 11.7 Å². The molecule has 1 heterocycles. The van der Waals surface area contributed by atoms with Crippen molar-refractivity contribution in [2.45, 2.75) is 33.2 Å². The fraction of sp³-hybridized carbons (Fsp3) is 0.667. The second kappa shape index (κ2) is 7.07. The summed E-state index contributed by atoms with van der Waals surface area (Å²) in [6.45, 7) is 6.48. The lowest BCUT2D eigenvalue weighted by atomic mass is 10.2. The maximum Gasteiger partial charge on any atom is 0.0870 e. The highest BCUT2D eigenvalue weighted by molar-refractivity contribution is 7.80. The standard InChI is InChI=1S/C12H21ClN4S/c1-4-6-17(8-11(14)18)7-10-12(13)9(5-2)15-16(10)3/h4-8H2,1-3H3,(H2,14,18). The van der Waals surface area contributed by atoms with Crippen LogP contribution in [-0.2, 0) is 20.0 Å². The third-order valence-corrected chi connectivity index (χ3v) is 3.36. The first-order valence-electron chi connectivity index (χ1n) is 6.20. The van der Waals surface area contributed by atoms with Crippen LogP contribution in [0, 0.1) is 0 Å². The second-order valence-corrected chi connectivity index (χ2v) is 5.26. The van der Waals surface area contributed by atoms with E-state index in [4.69, 9.17) is 29.6 Å². The number of aryl methyl sites for hydroxylation is 2. The molecule has 0 saturated heterocycles. The topological polar surface area (TPSA) is 47.1 Å². The maximum absolute atomic E-state index is 6.34. The average Bonchev–Trinajstić information content (AvgIpc) is 2.56. The van der Waals surface area contributed by atoms with Gasteiger partial charge in [0.2, 0.25) is 0 Å². The van der Waals surface area contributed by atoms with E-state index < -0.39 is 0 Å². The van der Waals surface area contributed by atoms with Gasteiger partial charge in [0.15, 0.2) is 0 Å². The zero-order valence-corrected chi connectivity index (χ0v) is 12.8. The summed E-state index contributed by atoms with van der Waals surface area (Å²) in [5.74, 6) is 0. The molecule has 0 spiro atoms. The van der Waals surface area contributed by atoms with Crippen molar-refractivity contribution >= 4 is 28.8 Å². The summed E-state index contributed by atoms with van der Waals surface area (Å²) in [5, 5.41) is 5.18. The molecule has 4 nitrogen and oxygen atoms in total. The smallest absolute Gasteiger partial charge is 0.0870 e. The van der Waals surface area contributed by atoms with Gasteiger partial charge in [0.1, 0.15) is 0 Å².